The number of anilines is 1. The van der Waals surface area contributed by atoms with Gasteiger partial charge < -0.3 is 25.5 Å². The molecule has 2 heterocycles. The molecule has 2 amide bonds. The molecular formula is C27H25N4O6+. The minimum absolute atomic E-state index is 0.161. The fraction of sp³-hybridized carbons (Fsp3) is 0.148. The maximum absolute atomic E-state index is 12.8. The Morgan fingerprint density at radius 1 is 1.00 bits per heavy atom. The summed E-state index contributed by atoms with van der Waals surface area (Å²) in [5, 5.41) is 3.40. The van der Waals surface area contributed by atoms with Gasteiger partial charge in [-0.1, -0.05) is 0 Å². The molecule has 0 saturated carbocycles. The number of rotatable bonds is 9. The second kappa shape index (κ2) is 11.2. The number of H-pyrrole nitrogens is 1. The second-order valence-corrected chi connectivity index (χ2v) is 8.09. The van der Waals surface area contributed by atoms with E-state index in [1.54, 1.807) is 54.2 Å². The van der Waals surface area contributed by atoms with E-state index in [9.17, 15) is 19.2 Å². The summed E-state index contributed by atoms with van der Waals surface area (Å²) in [5.74, 6) is -1.55. The van der Waals surface area contributed by atoms with E-state index in [4.69, 9.17) is 15.2 Å². The van der Waals surface area contributed by atoms with Crippen LogP contribution in [-0.4, -0.2) is 35.3 Å². The molecule has 4 aromatic rings. The average Bonchev–Trinajstić information content (AvgIpc) is 3.31. The third-order valence-corrected chi connectivity index (χ3v) is 5.50. The van der Waals surface area contributed by atoms with Gasteiger partial charge in [0.2, 0.25) is 5.91 Å². The quantitative estimate of drug-likeness (QED) is 0.183. The van der Waals surface area contributed by atoms with Gasteiger partial charge in [-0.25, -0.2) is 14.2 Å². The number of aromatic amines is 1. The van der Waals surface area contributed by atoms with Gasteiger partial charge in [-0.3, -0.25) is 9.59 Å². The third kappa shape index (κ3) is 6.17. The molecule has 188 valence electrons. The highest BCUT2D eigenvalue weighted by molar-refractivity contribution is 6.06. The molecule has 10 heteroatoms. The number of carbonyl (C=O) groups is 4. The summed E-state index contributed by atoms with van der Waals surface area (Å²) in [5.41, 5.74) is 7.51. The van der Waals surface area contributed by atoms with Crippen molar-refractivity contribution in [3.8, 4) is 5.75 Å². The lowest BCUT2D eigenvalue weighted by molar-refractivity contribution is -0.695. The number of pyridine rings is 1. The molecule has 0 bridgehead atoms. The van der Waals surface area contributed by atoms with E-state index in [1.165, 1.54) is 30.5 Å². The van der Waals surface area contributed by atoms with Gasteiger partial charge in [0.05, 0.1) is 24.2 Å². The van der Waals surface area contributed by atoms with Crippen molar-refractivity contribution < 1.29 is 33.2 Å². The number of primary amides is 1. The van der Waals surface area contributed by atoms with Gasteiger partial charge in [0.15, 0.2) is 18.9 Å². The molecule has 0 aliphatic rings. The predicted octanol–water partition coefficient (Wildman–Crippen LogP) is 2.98. The topological polar surface area (TPSA) is 144 Å². The van der Waals surface area contributed by atoms with Gasteiger partial charge >= 0.3 is 11.9 Å². The van der Waals surface area contributed by atoms with Crippen LogP contribution in [0.4, 0.5) is 5.69 Å². The molecule has 0 aliphatic carbocycles. The van der Waals surface area contributed by atoms with E-state index in [-0.39, 0.29) is 24.7 Å². The smallest absolute Gasteiger partial charge is 0.345 e. The zero-order chi connectivity index (χ0) is 26.4. The maximum atomic E-state index is 12.8. The van der Waals surface area contributed by atoms with Crippen molar-refractivity contribution >= 4 is 40.3 Å². The average molecular weight is 502 g/mol. The molecule has 0 unspecified atom stereocenters. The first-order valence-electron chi connectivity index (χ1n) is 11.5. The van der Waals surface area contributed by atoms with Gasteiger partial charge in [0, 0.05) is 28.9 Å². The molecule has 37 heavy (non-hydrogen) atoms. The van der Waals surface area contributed by atoms with E-state index in [1.807, 2.05) is 0 Å². The van der Waals surface area contributed by atoms with Crippen molar-refractivity contribution in [1.29, 1.82) is 0 Å². The molecule has 0 fully saturated rings. The van der Waals surface area contributed by atoms with E-state index in [0.29, 0.717) is 39.8 Å². The Balaban J connectivity index is 1.41. The minimum atomic E-state index is -0.593. The highest BCUT2D eigenvalue weighted by atomic mass is 16.5. The number of amides is 2. The second-order valence-electron chi connectivity index (χ2n) is 8.09. The number of nitrogens with two attached hydrogens (primary N) is 1. The Hall–Kier alpha value is -4.99. The first kappa shape index (κ1) is 25.1. The van der Waals surface area contributed by atoms with Crippen LogP contribution in [0.25, 0.3) is 10.9 Å². The summed E-state index contributed by atoms with van der Waals surface area (Å²) in [6.07, 6.45) is 5.03. The molecule has 2 aromatic heterocycles. The number of ether oxygens (including phenoxy) is 2. The Labute approximate surface area is 212 Å². The lowest BCUT2D eigenvalue weighted by Gasteiger charge is -2.07. The van der Waals surface area contributed by atoms with Crippen LogP contribution in [0.2, 0.25) is 0 Å². The molecule has 0 atom stereocenters. The zero-order valence-corrected chi connectivity index (χ0v) is 20.0. The summed E-state index contributed by atoms with van der Waals surface area (Å²) in [4.78, 5) is 51.5. The predicted molar refractivity (Wildman–Crippen MR) is 134 cm³/mol. The van der Waals surface area contributed by atoms with E-state index in [0.717, 1.165) is 0 Å². The number of nitrogens with one attached hydrogen (secondary N) is 2. The monoisotopic (exact) mass is 501 g/mol. The Morgan fingerprint density at radius 2 is 1.78 bits per heavy atom. The fourth-order valence-electron chi connectivity index (χ4n) is 3.66. The SMILES string of the molecule is CCOC(=O)c1ccc(OC(=O)c2c[nH]c3ccc(NC(=O)CC[n+]4cccc(C(N)=O)c4)cc23)cc1. The molecule has 0 spiro atoms. The van der Waals surface area contributed by atoms with Crippen LogP contribution in [-0.2, 0) is 16.1 Å². The number of carbonyl (C=O) groups excluding carboxylic acids is 4. The summed E-state index contributed by atoms with van der Waals surface area (Å²) < 4.78 is 12.1. The fourth-order valence-corrected chi connectivity index (χ4v) is 3.66. The van der Waals surface area contributed by atoms with Gasteiger partial charge in [-0.2, -0.15) is 0 Å². The molecule has 0 radical (unpaired) electrons. The van der Waals surface area contributed by atoms with Crippen molar-refractivity contribution in [2.75, 3.05) is 11.9 Å². The largest absolute Gasteiger partial charge is 0.462 e. The summed E-state index contributed by atoms with van der Waals surface area (Å²) in [6, 6.07) is 14.5. The van der Waals surface area contributed by atoms with Crippen LogP contribution in [0.1, 0.15) is 44.4 Å². The summed E-state index contributed by atoms with van der Waals surface area (Å²) >= 11 is 0. The number of fused-ring (bicyclic) bond motifs is 1. The number of aromatic nitrogens is 2. The van der Waals surface area contributed by atoms with Crippen LogP contribution in [0.3, 0.4) is 0 Å². The Bertz CT molecular complexity index is 1480. The number of hydrogen-bond acceptors (Lipinski definition) is 6. The maximum Gasteiger partial charge on any atom is 0.345 e. The van der Waals surface area contributed by atoms with Crippen LogP contribution in [0, 0.1) is 0 Å². The zero-order valence-electron chi connectivity index (χ0n) is 20.0. The summed E-state index contributed by atoms with van der Waals surface area (Å²) in [7, 11) is 0. The first-order valence-corrected chi connectivity index (χ1v) is 11.5. The normalized spacial score (nSPS) is 10.6. The van der Waals surface area contributed by atoms with Gasteiger partial charge in [-0.15, -0.1) is 0 Å². The molecular weight excluding hydrogens is 476 g/mol. The molecule has 0 aliphatic heterocycles. The van der Waals surface area contributed by atoms with E-state index < -0.39 is 17.8 Å². The number of nitrogens with zero attached hydrogens (tertiary/aromatic N) is 1. The van der Waals surface area contributed by atoms with Crippen LogP contribution < -0.4 is 20.4 Å². The lowest BCUT2D eigenvalue weighted by atomic mass is 10.1. The number of hydrogen-bond donors (Lipinski definition) is 3. The number of aryl methyl sites for hydroxylation is 1. The molecule has 2 aromatic carbocycles. The molecule has 0 saturated heterocycles. The van der Waals surface area contributed by atoms with Crippen molar-refractivity contribution in [3.63, 3.8) is 0 Å². The third-order valence-electron chi connectivity index (χ3n) is 5.50. The standard InChI is InChI=1S/C27H24N4O6/c1-2-36-26(34)17-5-8-20(9-6-17)37-27(35)22-15-29-23-10-7-19(14-21(22)23)30-24(32)11-13-31-12-3-4-18(16-31)25(28)33/h3-10,12,14-16H,2,11,13H2,1H3,(H3-,28,29,30,32,33,35)/p+1. The highest BCUT2D eigenvalue weighted by Gasteiger charge is 2.17. The minimum Gasteiger partial charge on any atom is -0.462 e. The molecule has 10 nitrogen and oxygen atoms in total. The van der Waals surface area contributed by atoms with Crippen molar-refractivity contribution in [2.24, 2.45) is 5.73 Å². The van der Waals surface area contributed by atoms with Crippen LogP contribution in [0.5, 0.6) is 5.75 Å². The number of esters is 2. The van der Waals surface area contributed by atoms with Gasteiger partial charge in [-0.05, 0) is 55.5 Å². The van der Waals surface area contributed by atoms with Crippen molar-refractivity contribution in [3.05, 3.63) is 89.9 Å². The van der Waals surface area contributed by atoms with Crippen LogP contribution >= 0.6 is 0 Å². The van der Waals surface area contributed by atoms with Gasteiger partial charge in [0.1, 0.15) is 11.3 Å². The number of benzene rings is 2. The molecule has 4 rings (SSSR count). The van der Waals surface area contributed by atoms with Crippen LogP contribution in [0.15, 0.2) is 73.2 Å². The highest BCUT2D eigenvalue weighted by Crippen LogP contribution is 2.24. The Kier molecular flexibility index (Phi) is 7.58. The van der Waals surface area contributed by atoms with Gasteiger partial charge in [0.25, 0.3) is 5.91 Å². The molecule has 4 N–H and O–H groups in total. The van der Waals surface area contributed by atoms with Crippen molar-refractivity contribution in [1.82, 2.24) is 4.98 Å². The van der Waals surface area contributed by atoms with E-state index >= 15 is 0 Å². The lowest BCUT2D eigenvalue weighted by Crippen LogP contribution is -2.36. The van der Waals surface area contributed by atoms with Crippen molar-refractivity contribution in [2.45, 2.75) is 19.9 Å². The summed E-state index contributed by atoms with van der Waals surface area (Å²) in [6.45, 7) is 2.34. The Morgan fingerprint density at radius 3 is 2.51 bits per heavy atom. The first-order chi connectivity index (χ1) is 17.8. The van der Waals surface area contributed by atoms with E-state index in [2.05, 4.69) is 10.3 Å².